The monoisotopic (exact) mass is 200 g/mol. The minimum Gasteiger partial charge on any atom is -0.465 e. The van der Waals surface area contributed by atoms with Crippen LogP contribution in [-0.4, -0.2) is 46.7 Å². The zero-order chi connectivity index (χ0) is 10.6. The van der Waals surface area contributed by atoms with E-state index in [1.54, 1.807) is 11.8 Å². The van der Waals surface area contributed by atoms with Crippen LogP contribution in [0.1, 0.15) is 26.2 Å². The average molecular weight is 200 g/mol. The summed E-state index contributed by atoms with van der Waals surface area (Å²) >= 11 is 0. The molecule has 0 unspecified atom stereocenters. The fraction of sp³-hybridized carbons (Fsp3) is 0.778. The van der Waals surface area contributed by atoms with Crippen molar-refractivity contribution >= 4 is 12.1 Å². The zero-order valence-electron chi connectivity index (χ0n) is 8.40. The number of carbonyl (C=O) groups excluding carboxylic acids is 1. The van der Waals surface area contributed by atoms with Gasteiger partial charge in [0.2, 0.25) is 0 Å². The van der Waals surface area contributed by atoms with Gasteiger partial charge in [-0.2, -0.15) is 0 Å². The molecule has 0 aromatic rings. The van der Waals surface area contributed by atoms with Crippen LogP contribution in [0.3, 0.4) is 0 Å². The molecule has 0 radical (unpaired) electrons. The van der Waals surface area contributed by atoms with Crippen molar-refractivity contribution in [3.05, 3.63) is 0 Å². The third-order valence-electron chi connectivity index (χ3n) is 2.40. The molecule has 0 saturated carbocycles. The molecule has 0 atom stereocenters. The van der Waals surface area contributed by atoms with E-state index in [1.165, 1.54) is 0 Å². The molecule has 0 aliphatic carbocycles. The Morgan fingerprint density at radius 3 is 2.29 bits per heavy atom. The van der Waals surface area contributed by atoms with Gasteiger partial charge >= 0.3 is 12.1 Å². The second-order valence-corrected chi connectivity index (χ2v) is 3.36. The molecule has 14 heavy (non-hydrogen) atoms. The molecule has 0 aromatic heterocycles. The van der Waals surface area contributed by atoms with Gasteiger partial charge in [0.15, 0.2) is 0 Å². The number of carbonyl (C=O) groups is 2. The number of nitrogens with zero attached hydrogens (tertiary/aromatic N) is 2. The number of hydrogen-bond acceptors (Lipinski definition) is 2. The standard InChI is InChI=1S/C9H16N2O3/c1-2-11(9(13)14)8(12)10-6-4-3-5-7-10/h2-7H2,1H3,(H,13,14). The maximum atomic E-state index is 11.6. The van der Waals surface area contributed by atoms with Crippen LogP contribution in [0.15, 0.2) is 0 Å². The highest BCUT2D eigenvalue weighted by Gasteiger charge is 2.25. The van der Waals surface area contributed by atoms with Gasteiger partial charge in [-0.05, 0) is 26.2 Å². The molecule has 0 aromatic carbocycles. The lowest BCUT2D eigenvalue weighted by Gasteiger charge is -2.30. The summed E-state index contributed by atoms with van der Waals surface area (Å²) in [5, 5.41) is 8.75. The first-order valence-corrected chi connectivity index (χ1v) is 4.96. The van der Waals surface area contributed by atoms with Crippen molar-refractivity contribution in [3.8, 4) is 0 Å². The number of urea groups is 1. The lowest BCUT2D eigenvalue weighted by Crippen LogP contribution is -2.47. The van der Waals surface area contributed by atoms with Crippen molar-refractivity contribution in [1.82, 2.24) is 9.80 Å². The SMILES string of the molecule is CCN(C(=O)O)C(=O)N1CCCCC1. The van der Waals surface area contributed by atoms with Gasteiger partial charge in [-0.1, -0.05) is 0 Å². The van der Waals surface area contributed by atoms with Crippen LogP contribution in [-0.2, 0) is 0 Å². The van der Waals surface area contributed by atoms with Crippen molar-refractivity contribution in [2.24, 2.45) is 0 Å². The van der Waals surface area contributed by atoms with E-state index in [-0.39, 0.29) is 12.6 Å². The van der Waals surface area contributed by atoms with Crippen LogP contribution in [0.2, 0.25) is 0 Å². The molecule has 1 fully saturated rings. The average Bonchev–Trinajstić information content (AvgIpc) is 2.19. The Labute approximate surface area is 83.3 Å². The Morgan fingerprint density at radius 1 is 1.29 bits per heavy atom. The van der Waals surface area contributed by atoms with E-state index >= 15 is 0 Å². The molecular formula is C9H16N2O3. The minimum atomic E-state index is -1.16. The van der Waals surface area contributed by atoms with Crippen LogP contribution >= 0.6 is 0 Å². The quantitative estimate of drug-likeness (QED) is 0.699. The molecule has 1 aliphatic rings. The summed E-state index contributed by atoms with van der Waals surface area (Å²) < 4.78 is 0. The van der Waals surface area contributed by atoms with Gasteiger partial charge in [0.1, 0.15) is 0 Å². The molecule has 5 nitrogen and oxygen atoms in total. The number of rotatable bonds is 1. The van der Waals surface area contributed by atoms with Crippen molar-refractivity contribution < 1.29 is 14.7 Å². The van der Waals surface area contributed by atoms with Gasteiger partial charge < -0.3 is 10.0 Å². The molecule has 1 rings (SSSR count). The Morgan fingerprint density at radius 2 is 1.86 bits per heavy atom. The summed E-state index contributed by atoms with van der Waals surface area (Å²) in [6.45, 7) is 3.24. The minimum absolute atomic E-state index is 0.213. The van der Waals surface area contributed by atoms with Crippen LogP contribution in [0.25, 0.3) is 0 Å². The van der Waals surface area contributed by atoms with Gasteiger partial charge in [-0.15, -0.1) is 0 Å². The first kappa shape index (κ1) is 10.8. The van der Waals surface area contributed by atoms with Crippen molar-refractivity contribution in [3.63, 3.8) is 0 Å². The first-order chi connectivity index (χ1) is 6.66. The summed E-state index contributed by atoms with van der Waals surface area (Å²) in [5.74, 6) is 0. The topological polar surface area (TPSA) is 60.9 Å². The van der Waals surface area contributed by atoms with Gasteiger partial charge in [0.25, 0.3) is 0 Å². The fourth-order valence-electron chi connectivity index (χ4n) is 1.61. The maximum Gasteiger partial charge on any atom is 0.415 e. The van der Waals surface area contributed by atoms with Crippen molar-refractivity contribution in [1.29, 1.82) is 0 Å². The Bertz CT molecular complexity index is 224. The highest BCUT2D eigenvalue weighted by Crippen LogP contribution is 2.11. The number of imide groups is 1. The van der Waals surface area contributed by atoms with E-state index in [9.17, 15) is 9.59 Å². The Balaban J connectivity index is 2.56. The number of piperidine rings is 1. The normalized spacial score (nSPS) is 16.5. The van der Waals surface area contributed by atoms with Crippen LogP contribution in [0, 0.1) is 0 Å². The van der Waals surface area contributed by atoms with Crippen LogP contribution < -0.4 is 0 Å². The third-order valence-corrected chi connectivity index (χ3v) is 2.40. The Kier molecular flexibility index (Phi) is 3.73. The summed E-state index contributed by atoms with van der Waals surface area (Å²) in [6, 6.07) is -0.375. The molecule has 0 bridgehead atoms. The second-order valence-electron chi connectivity index (χ2n) is 3.36. The van der Waals surface area contributed by atoms with E-state index in [0.29, 0.717) is 13.1 Å². The smallest absolute Gasteiger partial charge is 0.415 e. The lowest BCUT2D eigenvalue weighted by molar-refractivity contribution is 0.125. The van der Waals surface area contributed by atoms with E-state index < -0.39 is 6.09 Å². The molecule has 0 spiro atoms. The summed E-state index contributed by atoms with van der Waals surface area (Å²) in [7, 11) is 0. The summed E-state index contributed by atoms with van der Waals surface area (Å²) in [6.07, 6.45) is 1.91. The van der Waals surface area contributed by atoms with Crippen molar-refractivity contribution in [2.45, 2.75) is 26.2 Å². The lowest BCUT2D eigenvalue weighted by atomic mass is 10.1. The van der Waals surface area contributed by atoms with E-state index in [4.69, 9.17) is 5.11 Å². The van der Waals surface area contributed by atoms with Gasteiger partial charge in [-0.3, -0.25) is 0 Å². The summed E-state index contributed by atoms with van der Waals surface area (Å²) in [4.78, 5) is 24.8. The molecule has 5 heteroatoms. The Hall–Kier alpha value is -1.26. The predicted molar refractivity (Wildman–Crippen MR) is 51.2 cm³/mol. The van der Waals surface area contributed by atoms with Crippen LogP contribution in [0.5, 0.6) is 0 Å². The third kappa shape index (κ3) is 2.37. The van der Waals surface area contributed by atoms with E-state index in [1.807, 2.05) is 0 Å². The number of likely N-dealkylation sites (tertiary alicyclic amines) is 1. The highest BCUT2D eigenvalue weighted by molar-refractivity contribution is 5.90. The second kappa shape index (κ2) is 4.83. The molecule has 1 saturated heterocycles. The van der Waals surface area contributed by atoms with Gasteiger partial charge in [0, 0.05) is 19.6 Å². The summed E-state index contributed by atoms with van der Waals surface area (Å²) in [5.41, 5.74) is 0. The number of hydrogen-bond donors (Lipinski definition) is 1. The van der Waals surface area contributed by atoms with E-state index in [0.717, 1.165) is 24.2 Å². The predicted octanol–water partition coefficient (Wildman–Crippen LogP) is 1.59. The number of carboxylic acid groups (broad SMARTS) is 1. The molecular weight excluding hydrogens is 184 g/mol. The van der Waals surface area contributed by atoms with Gasteiger partial charge in [0.05, 0.1) is 0 Å². The molecule has 3 amide bonds. The van der Waals surface area contributed by atoms with Gasteiger partial charge in [-0.25, -0.2) is 14.5 Å². The van der Waals surface area contributed by atoms with Crippen LogP contribution in [0.4, 0.5) is 9.59 Å². The maximum absolute atomic E-state index is 11.6. The molecule has 1 heterocycles. The molecule has 1 aliphatic heterocycles. The zero-order valence-corrected chi connectivity index (χ0v) is 8.40. The largest absolute Gasteiger partial charge is 0.465 e. The first-order valence-electron chi connectivity index (χ1n) is 4.96. The van der Waals surface area contributed by atoms with Crippen molar-refractivity contribution in [2.75, 3.05) is 19.6 Å². The highest BCUT2D eigenvalue weighted by atomic mass is 16.4. The van der Waals surface area contributed by atoms with E-state index in [2.05, 4.69) is 0 Å². The molecule has 80 valence electrons. The number of amides is 3. The fourth-order valence-corrected chi connectivity index (χ4v) is 1.61. The molecule has 1 N–H and O–H groups in total.